The van der Waals surface area contributed by atoms with E-state index in [1.807, 2.05) is 37.3 Å². The Labute approximate surface area is 196 Å². The molecule has 0 spiro atoms. The molecule has 4 rings (SSSR count). The minimum absolute atomic E-state index is 0.127. The van der Waals surface area contributed by atoms with E-state index in [1.54, 1.807) is 48.2 Å². The van der Waals surface area contributed by atoms with Crippen molar-refractivity contribution in [1.29, 1.82) is 0 Å². The van der Waals surface area contributed by atoms with E-state index < -0.39 is 0 Å². The third-order valence-electron chi connectivity index (χ3n) is 4.92. The van der Waals surface area contributed by atoms with Gasteiger partial charge < -0.3 is 9.15 Å². The fraction of sp³-hybridized carbons (Fsp3) is 0.160. The number of rotatable bonds is 6. The van der Waals surface area contributed by atoms with Crippen LogP contribution in [0.1, 0.15) is 34.2 Å². The lowest BCUT2D eigenvalue weighted by Gasteiger charge is -2.14. The number of carbonyl (C=O) groups excluding carboxylic acids is 2. The zero-order valence-electron chi connectivity index (χ0n) is 17.7. The van der Waals surface area contributed by atoms with Crippen molar-refractivity contribution in [3.05, 3.63) is 88.0 Å². The Bertz CT molecular complexity index is 1190. The van der Waals surface area contributed by atoms with Crippen molar-refractivity contribution in [2.45, 2.75) is 20.4 Å². The van der Waals surface area contributed by atoms with Gasteiger partial charge in [0.2, 0.25) is 0 Å². The van der Waals surface area contributed by atoms with Crippen molar-refractivity contribution in [1.82, 2.24) is 4.90 Å². The molecule has 0 aliphatic carbocycles. The molecule has 1 aliphatic heterocycles. The summed E-state index contributed by atoms with van der Waals surface area (Å²) in [6.45, 7) is 4.57. The van der Waals surface area contributed by atoms with Crippen molar-refractivity contribution >= 4 is 46.3 Å². The van der Waals surface area contributed by atoms with E-state index in [4.69, 9.17) is 21.4 Å². The third kappa shape index (κ3) is 4.84. The number of aryl methyl sites for hydroxylation is 1. The topological polar surface area (TPSA) is 59.8 Å². The summed E-state index contributed by atoms with van der Waals surface area (Å²) in [7, 11) is 0. The number of thioether (sulfide) groups is 1. The van der Waals surface area contributed by atoms with Gasteiger partial charge in [-0.1, -0.05) is 65.9 Å². The van der Waals surface area contributed by atoms with Crippen molar-refractivity contribution in [2.24, 2.45) is 0 Å². The Kier molecular flexibility index (Phi) is 6.58. The highest BCUT2D eigenvalue weighted by molar-refractivity contribution is 8.26. The quantitative estimate of drug-likeness (QED) is 0.260. The lowest BCUT2D eigenvalue weighted by Crippen LogP contribution is -2.27. The third-order valence-corrected chi connectivity index (χ3v) is 6.29. The molecule has 5 nitrogen and oxygen atoms in total. The number of hydrogen-bond donors (Lipinski definition) is 0. The summed E-state index contributed by atoms with van der Waals surface area (Å²) < 4.78 is 11.4. The molecule has 1 amide bonds. The van der Waals surface area contributed by atoms with E-state index in [0.29, 0.717) is 39.5 Å². The van der Waals surface area contributed by atoms with Crippen LogP contribution in [-0.2, 0) is 16.1 Å². The second-order valence-corrected chi connectivity index (χ2v) is 8.93. The zero-order valence-corrected chi connectivity index (χ0v) is 19.3. The van der Waals surface area contributed by atoms with Gasteiger partial charge in [0, 0.05) is 11.6 Å². The average molecular weight is 464 g/mol. The van der Waals surface area contributed by atoms with Gasteiger partial charge in [-0.2, -0.15) is 0 Å². The summed E-state index contributed by atoms with van der Waals surface area (Å²) in [4.78, 5) is 26.8. The predicted octanol–water partition coefficient (Wildman–Crippen LogP) is 5.83. The minimum atomic E-state index is -0.355. The van der Waals surface area contributed by atoms with Crippen molar-refractivity contribution < 1.29 is 18.7 Å². The molecule has 3 aromatic rings. The average Bonchev–Trinajstić information content (AvgIpc) is 3.36. The van der Waals surface area contributed by atoms with Gasteiger partial charge in [-0.25, -0.2) is 4.79 Å². The smallest absolute Gasteiger partial charge is 0.338 e. The van der Waals surface area contributed by atoms with Gasteiger partial charge in [-0.15, -0.1) is 0 Å². The molecule has 1 saturated heterocycles. The number of furan rings is 1. The molecule has 0 saturated carbocycles. The Morgan fingerprint density at radius 2 is 1.81 bits per heavy atom. The molecule has 7 heteroatoms. The van der Waals surface area contributed by atoms with E-state index in [2.05, 4.69) is 0 Å². The van der Waals surface area contributed by atoms with Crippen molar-refractivity contribution in [3.8, 4) is 11.3 Å². The summed E-state index contributed by atoms with van der Waals surface area (Å²) in [5.74, 6) is 0.719. The van der Waals surface area contributed by atoms with E-state index in [-0.39, 0.29) is 11.9 Å². The molecule has 1 aromatic heterocycles. The summed E-state index contributed by atoms with van der Waals surface area (Å²) in [5.41, 5.74) is 3.51. The maximum Gasteiger partial charge on any atom is 0.338 e. The van der Waals surface area contributed by atoms with E-state index >= 15 is 0 Å². The molecule has 0 atom stereocenters. The molecule has 0 radical (unpaired) electrons. The van der Waals surface area contributed by atoms with Crippen molar-refractivity contribution in [2.75, 3.05) is 6.61 Å². The van der Waals surface area contributed by atoms with Crippen LogP contribution in [0, 0.1) is 6.92 Å². The lowest BCUT2D eigenvalue weighted by molar-refractivity contribution is -0.122. The Balaban J connectivity index is 1.48. The fourth-order valence-corrected chi connectivity index (χ4v) is 4.45. The van der Waals surface area contributed by atoms with Crippen LogP contribution in [0.2, 0.25) is 0 Å². The van der Waals surface area contributed by atoms with E-state index in [1.165, 1.54) is 17.3 Å². The van der Waals surface area contributed by atoms with Crippen molar-refractivity contribution in [3.63, 3.8) is 0 Å². The highest BCUT2D eigenvalue weighted by Crippen LogP contribution is 2.34. The molecule has 32 heavy (non-hydrogen) atoms. The monoisotopic (exact) mass is 463 g/mol. The van der Waals surface area contributed by atoms with Crippen LogP contribution in [0.25, 0.3) is 17.4 Å². The number of esters is 1. The standard InChI is InChI=1S/C25H21NO4S2/c1-3-29-24(28)19-10-8-18(9-11-19)21-13-12-20(30-21)14-22-23(27)26(25(31)32-22)15-17-6-4-16(2)5-7-17/h4-14H,3,15H2,1-2H3/b22-14-. The summed E-state index contributed by atoms with van der Waals surface area (Å²) in [6.07, 6.45) is 1.71. The second kappa shape index (κ2) is 9.54. The molecule has 2 aromatic carbocycles. The molecule has 1 aliphatic rings. The minimum Gasteiger partial charge on any atom is -0.462 e. The number of benzene rings is 2. The molecule has 0 N–H and O–H groups in total. The van der Waals surface area contributed by atoms with Gasteiger partial charge in [-0.3, -0.25) is 9.69 Å². The normalized spacial score (nSPS) is 14.9. The number of ether oxygens (including phenoxy) is 1. The van der Waals surface area contributed by atoms with Crippen LogP contribution in [0.5, 0.6) is 0 Å². The van der Waals surface area contributed by atoms with Gasteiger partial charge in [0.15, 0.2) is 0 Å². The van der Waals surface area contributed by atoms with Gasteiger partial charge in [0.25, 0.3) is 5.91 Å². The summed E-state index contributed by atoms with van der Waals surface area (Å²) >= 11 is 6.70. The highest BCUT2D eigenvalue weighted by Gasteiger charge is 2.32. The molecule has 1 fully saturated rings. The van der Waals surface area contributed by atoms with Crippen LogP contribution in [-0.4, -0.2) is 27.7 Å². The number of nitrogens with zero attached hydrogens (tertiary/aromatic N) is 1. The molecular weight excluding hydrogens is 442 g/mol. The van der Waals surface area contributed by atoms with E-state index in [9.17, 15) is 9.59 Å². The van der Waals surface area contributed by atoms with Crippen LogP contribution < -0.4 is 0 Å². The van der Waals surface area contributed by atoms with Crippen LogP contribution in [0.3, 0.4) is 0 Å². The lowest BCUT2D eigenvalue weighted by atomic mass is 10.1. The first-order valence-corrected chi connectivity index (χ1v) is 11.4. The Morgan fingerprint density at radius 3 is 2.50 bits per heavy atom. The van der Waals surface area contributed by atoms with Gasteiger partial charge in [0.05, 0.1) is 23.6 Å². The maximum absolute atomic E-state index is 12.9. The molecule has 2 heterocycles. The number of carbonyl (C=O) groups is 2. The molecular formula is C25H21NO4S2. The zero-order chi connectivity index (χ0) is 22.7. The van der Waals surface area contributed by atoms with Crippen LogP contribution in [0.4, 0.5) is 0 Å². The second-order valence-electron chi connectivity index (χ2n) is 7.25. The number of thiocarbonyl (C=S) groups is 1. The van der Waals surface area contributed by atoms with Gasteiger partial charge >= 0.3 is 5.97 Å². The first kappa shape index (κ1) is 22.0. The number of amides is 1. The molecule has 0 bridgehead atoms. The first-order valence-electron chi connectivity index (χ1n) is 10.1. The van der Waals surface area contributed by atoms with Crippen LogP contribution in [0.15, 0.2) is 70.0 Å². The van der Waals surface area contributed by atoms with E-state index in [0.717, 1.165) is 11.1 Å². The first-order chi connectivity index (χ1) is 15.4. The molecule has 0 unspecified atom stereocenters. The maximum atomic E-state index is 12.9. The Morgan fingerprint density at radius 1 is 1.09 bits per heavy atom. The largest absolute Gasteiger partial charge is 0.462 e. The van der Waals surface area contributed by atoms with Gasteiger partial charge in [0.1, 0.15) is 15.8 Å². The molecule has 162 valence electrons. The van der Waals surface area contributed by atoms with Gasteiger partial charge in [-0.05, 0) is 43.7 Å². The highest BCUT2D eigenvalue weighted by atomic mass is 32.2. The number of hydrogen-bond acceptors (Lipinski definition) is 6. The SMILES string of the molecule is CCOC(=O)c1ccc(-c2ccc(/C=C3\SC(=S)N(Cc4ccc(C)cc4)C3=O)o2)cc1. The Hall–Kier alpha value is -3.16. The summed E-state index contributed by atoms with van der Waals surface area (Å²) in [5, 5.41) is 0. The summed E-state index contributed by atoms with van der Waals surface area (Å²) in [6, 6.07) is 18.7. The fourth-order valence-electron chi connectivity index (χ4n) is 3.21. The van der Waals surface area contributed by atoms with Crippen LogP contribution >= 0.6 is 24.0 Å². The predicted molar refractivity (Wildman–Crippen MR) is 130 cm³/mol.